The van der Waals surface area contributed by atoms with Crippen LogP contribution in [0.1, 0.15) is 47.7 Å². The van der Waals surface area contributed by atoms with Gasteiger partial charge in [0.15, 0.2) is 0 Å². The molecule has 0 spiro atoms. The molecule has 0 aliphatic rings. The van der Waals surface area contributed by atoms with Gasteiger partial charge in [0.25, 0.3) is 5.91 Å². The Labute approximate surface area is 138 Å². The van der Waals surface area contributed by atoms with Crippen LogP contribution in [0.5, 0.6) is 5.75 Å². The van der Waals surface area contributed by atoms with E-state index in [2.05, 4.69) is 19.2 Å². The van der Waals surface area contributed by atoms with Gasteiger partial charge in [-0.15, -0.1) is 0 Å². The Morgan fingerprint density at radius 3 is 2.57 bits per heavy atom. The standard InChI is InChI=1S/C20H25NO2/c1-4-5-8-13-23-19-10-7-6-9-18(19)20(22)21-17-12-11-15(2)16(3)14-17/h6-7,9-12,14H,4-5,8,13H2,1-3H3,(H,21,22). The molecule has 23 heavy (non-hydrogen) atoms. The van der Waals surface area contributed by atoms with E-state index in [0.29, 0.717) is 17.9 Å². The highest BCUT2D eigenvalue weighted by molar-refractivity contribution is 6.06. The number of nitrogens with one attached hydrogen (secondary N) is 1. The zero-order valence-electron chi connectivity index (χ0n) is 14.2. The lowest BCUT2D eigenvalue weighted by molar-refractivity contribution is 0.102. The van der Waals surface area contributed by atoms with E-state index in [1.165, 1.54) is 5.56 Å². The molecule has 0 atom stereocenters. The van der Waals surface area contributed by atoms with Crippen LogP contribution in [-0.4, -0.2) is 12.5 Å². The van der Waals surface area contributed by atoms with Crippen LogP contribution in [0, 0.1) is 13.8 Å². The van der Waals surface area contributed by atoms with Crippen LogP contribution < -0.4 is 10.1 Å². The number of aryl methyl sites for hydroxylation is 2. The Morgan fingerprint density at radius 1 is 1.04 bits per heavy atom. The second-order valence-electron chi connectivity index (χ2n) is 5.80. The van der Waals surface area contributed by atoms with Gasteiger partial charge in [0.1, 0.15) is 5.75 Å². The molecule has 0 aliphatic heterocycles. The number of ether oxygens (including phenoxy) is 1. The topological polar surface area (TPSA) is 38.3 Å². The molecular weight excluding hydrogens is 286 g/mol. The van der Waals surface area contributed by atoms with Crippen molar-refractivity contribution in [1.29, 1.82) is 0 Å². The van der Waals surface area contributed by atoms with Crippen molar-refractivity contribution in [2.24, 2.45) is 0 Å². The highest BCUT2D eigenvalue weighted by Crippen LogP contribution is 2.21. The molecule has 122 valence electrons. The molecule has 3 nitrogen and oxygen atoms in total. The highest BCUT2D eigenvalue weighted by atomic mass is 16.5. The van der Waals surface area contributed by atoms with Crippen molar-refractivity contribution in [3.63, 3.8) is 0 Å². The number of benzene rings is 2. The Bertz CT molecular complexity index is 664. The first kappa shape index (κ1) is 17.1. The third-order valence-electron chi connectivity index (χ3n) is 3.90. The summed E-state index contributed by atoms with van der Waals surface area (Å²) in [4.78, 5) is 12.5. The fourth-order valence-electron chi connectivity index (χ4n) is 2.33. The maximum absolute atomic E-state index is 12.5. The number of carbonyl (C=O) groups is 1. The number of hydrogen-bond acceptors (Lipinski definition) is 2. The molecule has 2 aromatic rings. The van der Waals surface area contributed by atoms with Gasteiger partial charge < -0.3 is 10.1 Å². The molecule has 2 rings (SSSR count). The summed E-state index contributed by atoms with van der Waals surface area (Å²) in [5.41, 5.74) is 3.75. The van der Waals surface area contributed by atoms with Gasteiger partial charge in [-0.2, -0.15) is 0 Å². The number of amides is 1. The van der Waals surface area contributed by atoms with Crippen molar-refractivity contribution in [2.75, 3.05) is 11.9 Å². The lowest BCUT2D eigenvalue weighted by atomic mass is 10.1. The molecule has 0 fully saturated rings. The summed E-state index contributed by atoms with van der Waals surface area (Å²) in [6, 6.07) is 13.3. The summed E-state index contributed by atoms with van der Waals surface area (Å²) in [6.07, 6.45) is 3.29. The molecular formula is C20H25NO2. The average molecular weight is 311 g/mol. The summed E-state index contributed by atoms with van der Waals surface area (Å²) in [5.74, 6) is 0.504. The maximum Gasteiger partial charge on any atom is 0.259 e. The van der Waals surface area contributed by atoms with Crippen molar-refractivity contribution in [3.05, 3.63) is 59.2 Å². The van der Waals surface area contributed by atoms with E-state index in [0.717, 1.165) is 30.5 Å². The SMILES string of the molecule is CCCCCOc1ccccc1C(=O)Nc1ccc(C)c(C)c1. The monoisotopic (exact) mass is 311 g/mol. The second kappa shape index (κ2) is 8.37. The van der Waals surface area contributed by atoms with Gasteiger partial charge >= 0.3 is 0 Å². The fourth-order valence-corrected chi connectivity index (χ4v) is 2.33. The lowest BCUT2D eigenvalue weighted by Gasteiger charge is -2.12. The predicted octanol–water partition coefficient (Wildman–Crippen LogP) is 5.12. The number of rotatable bonds is 7. The zero-order valence-corrected chi connectivity index (χ0v) is 14.2. The Morgan fingerprint density at radius 2 is 1.83 bits per heavy atom. The largest absolute Gasteiger partial charge is 0.493 e. The minimum atomic E-state index is -0.139. The van der Waals surface area contributed by atoms with Gasteiger partial charge in [-0.05, 0) is 55.7 Å². The van der Waals surface area contributed by atoms with Crippen LogP contribution in [0.15, 0.2) is 42.5 Å². The molecule has 0 unspecified atom stereocenters. The minimum absolute atomic E-state index is 0.139. The van der Waals surface area contributed by atoms with Crippen molar-refractivity contribution in [3.8, 4) is 5.75 Å². The van der Waals surface area contributed by atoms with Crippen LogP contribution in [-0.2, 0) is 0 Å². The van der Waals surface area contributed by atoms with Crippen LogP contribution in [0.3, 0.4) is 0 Å². The maximum atomic E-state index is 12.5. The van der Waals surface area contributed by atoms with Crippen molar-refractivity contribution in [2.45, 2.75) is 40.0 Å². The van der Waals surface area contributed by atoms with Crippen molar-refractivity contribution < 1.29 is 9.53 Å². The summed E-state index contributed by atoms with van der Waals surface area (Å²) >= 11 is 0. The molecule has 0 saturated carbocycles. The van der Waals surface area contributed by atoms with Crippen molar-refractivity contribution in [1.82, 2.24) is 0 Å². The van der Waals surface area contributed by atoms with Gasteiger partial charge in [-0.25, -0.2) is 0 Å². The van der Waals surface area contributed by atoms with Gasteiger partial charge in [0, 0.05) is 5.69 Å². The molecule has 0 bridgehead atoms. The molecule has 1 N–H and O–H groups in total. The summed E-state index contributed by atoms with van der Waals surface area (Å²) < 4.78 is 5.78. The van der Waals surface area contributed by atoms with E-state index >= 15 is 0 Å². The third-order valence-corrected chi connectivity index (χ3v) is 3.90. The highest BCUT2D eigenvalue weighted by Gasteiger charge is 2.12. The third kappa shape index (κ3) is 4.85. The minimum Gasteiger partial charge on any atom is -0.493 e. The van der Waals surface area contributed by atoms with E-state index in [1.807, 2.05) is 43.3 Å². The van der Waals surface area contributed by atoms with E-state index in [1.54, 1.807) is 6.07 Å². The summed E-state index contributed by atoms with van der Waals surface area (Å²) in [6.45, 7) is 6.89. The van der Waals surface area contributed by atoms with Crippen LogP contribution in [0.2, 0.25) is 0 Å². The Balaban J connectivity index is 2.07. The summed E-state index contributed by atoms with van der Waals surface area (Å²) in [7, 11) is 0. The number of para-hydroxylation sites is 1. The van der Waals surface area contributed by atoms with Gasteiger partial charge in [-0.3, -0.25) is 4.79 Å². The zero-order chi connectivity index (χ0) is 16.7. The molecule has 2 aromatic carbocycles. The summed E-state index contributed by atoms with van der Waals surface area (Å²) in [5, 5.41) is 2.95. The average Bonchev–Trinajstić information content (AvgIpc) is 2.55. The van der Waals surface area contributed by atoms with Crippen LogP contribution >= 0.6 is 0 Å². The molecule has 0 saturated heterocycles. The van der Waals surface area contributed by atoms with Gasteiger partial charge in [0.2, 0.25) is 0 Å². The molecule has 0 aliphatic carbocycles. The lowest BCUT2D eigenvalue weighted by Crippen LogP contribution is -2.14. The van der Waals surface area contributed by atoms with Crippen LogP contribution in [0.4, 0.5) is 5.69 Å². The first-order chi connectivity index (χ1) is 11.1. The first-order valence-electron chi connectivity index (χ1n) is 8.22. The normalized spacial score (nSPS) is 10.4. The molecule has 1 amide bonds. The predicted molar refractivity (Wildman–Crippen MR) is 95.3 cm³/mol. The van der Waals surface area contributed by atoms with Crippen LogP contribution in [0.25, 0.3) is 0 Å². The van der Waals surface area contributed by atoms with E-state index in [4.69, 9.17) is 4.74 Å². The van der Waals surface area contributed by atoms with E-state index < -0.39 is 0 Å². The number of carbonyl (C=O) groups excluding carboxylic acids is 1. The number of anilines is 1. The van der Waals surface area contributed by atoms with Gasteiger partial charge in [0.05, 0.1) is 12.2 Å². The Hall–Kier alpha value is -2.29. The molecule has 0 aromatic heterocycles. The quantitative estimate of drug-likeness (QED) is 0.720. The number of unbranched alkanes of at least 4 members (excludes halogenated alkanes) is 2. The first-order valence-corrected chi connectivity index (χ1v) is 8.22. The molecule has 0 radical (unpaired) electrons. The smallest absolute Gasteiger partial charge is 0.259 e. The Kier molecular flexibility index (Phi) is 6.21. The van der Waals surface area contributed by atoms with E-state index in [-0.39, 0.29) is 5.91 Å². The van der Waals surface area contributed by atoms with E-state index in [9.17, 15) is 4.79 Å². The fraction of sp³-hybridized carbons (Fsp3) is 0.350. The van der Waals surface area contributed by atoms with Gasteiger partial charge in [-0.1, -0.05) is 38.0 Å². The molecule has 3 heteroatoms. The molecule has 0 heterocycles. The number of hydrogen-bond donors (Lipinski definition) is 1. The van der Waals surface area contributed by atoms with Crippen molar-refractivity contribution >= 4 is 11.6 Å². The second-order valence-corrected chi connectivity index (χ2v) is 5.80.